The van der Waals surface area contributed by atoms with E-state index in [1.807, 2.05) is 24.0 Å². The Balaban J connectivity index is 2.08. The van der Waals surface area contributed by atoms with E-state index in [-0.39, 0.29) is 5.56 Å². The molecule has 0 aliphatic rings. The second-order valence-electron chi connectivity index (χ2n) is 4.96. The highest BCUT2D eigenvalue weighted by atomic mass is 79.9. The third-order valence-corrected chi connectivity index (χ3v) is 5.54. The van der Waals surface area contributed by atoms with Crippen LogP contribution < -0.4 is 5.56 Å². The Labute approximate surface area is 134 Å². The molecule has 0 aliphatic heterocycles. The fourth-order valence-corrected chi connectivity index (χ4v) is 4.02. The lowest BCUT2D eigenvalue weighted by Gasteiger charge is -2.06. The fraction of sp³-hybridized carbons (Fsp3) is 0.357. The molecule has 7 heteroatoms. The Kier molecular flexibility index (Phi) is 3.71. The molecule has 0 bridgehead atoms. The van der Waals surface area contributed by atoms with Gasteiger partial charge in [0.05, 0.1) is 34.2 Å². The molecular formula is C14H15BrN4OS. The maximum Gasteiger partial charge on any atom is 0.271 e. The highest BCUT2D eigenvalue weighted by Gasteiger charge is 2.15. The normalized spacial score (nSPS) is 11.4. The first-order chi connectivity index (χ1) is 10.0. The van der Waals surface area contributed by atoms with E-state index in [0.717, 1.165) is 33.4 Å². The number of hydrogen-bond donors (Lipinski definition) is 0. The van der Waals surface area contributed by atoms with E-state index in [0.29, 0.717) is 11.2 Å². The molecule has 21 heavy (non-hydrogen) atoms. The van der Waals surface area contributed by atoms with Gasteiger partial charge in [-0.1, -0.05) is 6.92 Å². The summed E-state index contributed by atoms with van der Waals surface area (Å²) < 4.78 is 5.14. The second-order valence-corrected chi connectivity index (χ2v) is 6.63. The van der Waals surface area contributed by atoms with Gasteiger partial charge in [0.1, 0.15) is 4.70 Å². The molecule has 0 radical (unpaired) electrons. The van der Waals surface area contributed by atoms with E-state index in [2.05, 4.69) is 32.9 Å². The van der Waals surface area contributed by atoms with Crippen LogP contribution in [-0.2, 0) is 20.0 Å². The first-order valence-electron chi connectivity index (χ1n) is 6.66. The Bertz CT molecular complexity index is 877. The largest absolute Gasteiger partial charge is 0.292 e. The Morgan fingerprint density at radius 1 is 1.43 bits per heavy atom. The van der Waals surface area contributed by atoms with Crippen LogP contribution in [0.5, 0.6) is 0 Å². The van der Waals surface area contributed by atoms with Gasteiger partial charge in [0.2, 0.25) is 0 Å². The summed E-state index contributed by atoms with van der Waals surface area (Å²) in [4.78, 5) is 16.9. The van der Waals surface area contributed by atoms with Crippen molar-refractivity contribution in [2.45, 2.75) is 26.8 Å². The molecule has 0 fully saturated rings. The zero-order valence-electron chi connectivity index (χ0n) is 12.1. The van der Waals surface area contributed by atoms with Crippen LogP contribution >= 0.6 is 27.3 Å². The predicted octanol–water partition coefficient (Wildman–Crippen LogP) is 2.87. The minimum absolute atomic E-state index is 0.00393. The number of rotatable bonds is 3. The zero-order chi connectivity index (χ0) is 15.1. The maximum atomic E-state index is 12.5. The van der Waals surface area contributed by atoms with Gasteiger partial charge in [-0.25, -0.2) is 4.98 Å². The highest BCUT2D eigenvalue weighted by molar-refractivity contribution is 9.10. The van der Waals surface area contributed by atoms with Crippen molar-refractivity contribution in [2.75, 3.05) is 0 Å². The molecule has 3 rings (SSSR count). The van der Waals surface area contributed by atoms with Crippen molar-refractivity contribution in [1.82, 2.24) is 19.3 Å². The summed E-state index contributed by atoms with van der Waals surface area (Å²) in [5.74, 6) is 0. The molecule has 0 aliphatic carbocycles. The summed E-state index contributed by atoms with van der Waals surface area (Å²) in [6.45, 7) is 4.49. The van der Waals surface area contributed by atoms with Crippen molar-refractivity contribution in [1.29, 1.82) is 0 Å². The molecule has 0 saturated heterocycles. The van der Waals surface area contributed by atoms with Crippen molar-refractivity contribution in [2.24, 2.45) is 7.05 Å². The monoisotopic (exact) mass is 366 g/mol. The lowest BCUT2D eigenvalue weighted by molar-refractivity contribution is 0.645. The van der Waals surface area contributed by atoms with E-state index >= 15 is 0 Å². The summed E-state index contributed by atoms with van der Waals surface area (Å²) in [6, 6.07) is 0. The second kappa shape index (κ2) is 5.38. The van der Waals surface area contributed by atoms with Crippen molar-refractivity contribution in [3.05, 3.63) is 43.5 Å². The molecule has 110 valence electrons. The number of fused-ring (bicyclic) bond motifs is 1. The van der Waals surface area contributed by atoms with Crippen LogP contribution in [0, 0.1) is 6.92 Å². The third kappa shape index (κ3) is 2.34. The Morgan fingerprint density at radius 2 is 2.19 bits per heavy atom. The number of nitrogens with zero attached hydrogens (tertiary/aromatic N) is 4. The van der Waals surface area contributed by atoms with Gasteiger partial charge in [-0.05, 0) is 40.2 Å². The molecular weight excluding hydrogens is 352 g/mol. The van der Waals surface area contributed by atoms with Crippen LogP contribution in [0.1, 0.15) is 23.9 Å². The average molecular weight is 367 g/mol. The Morgan fingerprint density at radius 3 is 2.86 bits per heavy atom. The van der Waals surface area contributed by atoms with Crippen molar-refractivity contribution < 1.29 is 0 Å². The number of hydrogen-bond acceptors (Lipinski definition) is 4. The maximum absolute atomic E-state index is 12.5. The molecule has 0 amide bonds. The number of halogens is 1. The van der Waals surface area contributed by atoms with Crippen molar-refractivity contribution >= 4 is 37.5 Å². The van der Waals surface area contributed by atoms with Gasteiger partial charge in [-0.2, -0.15) is 5.10 Å². The van der Waals surface area contributed by atoms with Crippen LogP contribution in [0.4, 0.5) is 0 Å². The molecule has 0 aromatic carbocycles. The topological polar surface area (TPSA) is 52.7 Å². The van der Waals surface area contributed by atoms with E-state index in [1.54, 1.807) is 10.9 Å². The predicted molar refractivity (Wildman–Crippen MR) is 88.0 cm³/mol. The average Bonchev–Trinajstić information content (AvgIpc) is 2.97. The lowest BCUT2D eigenvalue weighted by Crippen LogP contribution is -2.21. The minimum Gasteiger partial charge on any atom is -0.292 e. The fourth-order valence-electron chi connectivity index (χ4n) is 2.33. The molecule has 3 heterocycles. The van der Waals surface area contributed by atoms with Crippen LogP contribution in [0.25, 0.3) is 10.2 Å². The first-order valence-corrected chi connectivity index (χ1v) is 8.33. The summed E-state index contributed by atoms with van der Waals surface area (Å²) in [5.41, 5.74) is 3.84. The standard InChI is InChI=1S/C14H15BrN4OS/c1-4-9-11(15)10(18(3)17-9)5-19-7-16-12-8(2)6-21-13(12)14(19)20/h6-7H,4-5H2,1-3H3. The van der Waals surface area contributed by atoms with Gasteiger partial charge < -0.3 is 0 Å². The zero-order valence-corrected chi connectivity index (χ0v) is 14.5. The molecule has 0 atom stereocenters. The molecule has 3 aromatic heterocycles. The molecule has 0 saturated carbocycles. The van der Waals surface area contributed by atoms with Crippen LogP contribution in [-0.4, -0.2) is 19.3 Å². The molecule has 0 unspecified atom stereocenters. The smallest absolute Gasteiger partial charge is 0.271 e. The summed E-state index contributed by atoms with van der Waals surface area (Å²) in [7, 11) is 1.89. The van der Waals surface area contributed by atoms with Gasteiger partial charge in [0.15, 0.2) is 0 Å². The third-order valence-electron chi connectivity index (χ3n) is 3.55. The van der Waals surface area contributed by atoms with Gasteiger partial charge in [-0.15, -0.1) is 11.3 Å². The van der Waals surface area contributed by atoms with Crippen molar-refractivity contribution in [3.63, 3.8) is 0 Å². The van der Waals surface area contributed by atoms with Crippen LogP contribution in [0.2, 0.25) is 0 Å². The van der Waals surface area contributed by atoms with Crippen molar-refractivity contribution in [3.8, 4) is 0 Å². The SMILES string of the molecule is CCc1nn(C)c(Cn2cnc3c(C)csc3c2=O)c1Br. The summed E-state index contributed by atoms with van der Waals surface area (Å²) in [5, 5.41) is 6.43. The lowest BCUT2D eigenvalue weighted by atomic mass is 10.3. The van der Waals surface area contributed by atoms with Gasteiger partial charge in [0.25, 0.3) is 5.56 Å². The minimum atomic E-state index is 0.00393. The molecule has 5 nitrogen and oxygen atoms in total. The molecule has 0 N–H and O–H groups in total. The Hall–Kier alpha value is -1.47. The first kappa shape index (κ1) is 14.5. The highest BCUT2D eigenvalue weighted by Crippen LogP contribution is 2.23. The van der Waals surface area contributed by atoms with Gasteiger partial charge in [-0.3, -0.25) is 14.0 Å². The van der Waals surface area contributed by atoms with E-state index in [1.165, 1.54) is 11.3 Å². The molecule has 0 spiro atoms. The van der Waals surface area contributed by atoms with Gasteiger partial charge in [0, 0.05) is 7.05 Å². The van der Waals surface area contributed by atoms with E-state index < -0.39 is 0 Å². The van der Waals surface area contributed by atoms with Crippen LogP contribution in [0.15, 0.2) is 21.0 Å². The quantitative estimate of drug-likeness (QED) is 0.715. The molecule has 3 aromatic rings. The van der Waals surface area contributed by atoms with Gasteiger partial charge >= 0.3 is 0 Å². The summed E-state index contributed by atoms with van der Waals surface area (Å²) in [6.07, 6.45) is 2.47. The number of aryl methyl sites for hydroxylation is 3. The summed E-state index contributed by atoms with van der Waals surface area (Å²) >= 11 is 5.04. The van der Waals surface area contributed by atoms with Crippen LogP contribution in [0.3, 0.4) is 0 Å². The van der Waals surface area contributed by atoms with E-state index in [4.69, 9.17) is 0 Å². The number of thiophene rings is 1. The number of aromatic nitrogens is 4. The van der Waals surface area contributed by atoms with E-state index in [9.17, 15) is 4.79 Å².